The van der Waals surface area contributed by atoms with Crippen LogP contribution in [0.4, 0.5) is 10.5 Å². The molecule has 2 N–H and O–H groups in total. The first-order valence-electron chi connectivity index (χ1n) is 7.10. The van der Waals surface area contributed by atoms with Crippen molar-refractivity contribution in [3.63, 3.8) is 0 Å². The van der Waals surface area contributed by atoms with Crippen LogP contribution in [0.3, 0.4) is 0 Å². The van der Waals surface area contributed by atoms with Crippen LogP contribution in [0.25, 0.3) is 0 Å². The van der Waals surface area contributed by atoms with Crippen LogP contribution in [0.15, 0.2) is 24.3 Å². The van der Waals surface area contributed by atoms with E-state index in [1.165, 1.54) is 0 Å². The van der Waals surface area contributed by atoms with Crippen LogP contribution >= 0.6 is 0 Å². The Morgan fingerprint density at radius 1 is 1.50 bits per heavy atom. The van der Waals surface area contributed by atoms with Gasteiger partial charge in [0.1, 0.15) is 0 Å². The maximum Gasteiger partial charge on any atom is 0.322 e. The van der Waals surface area contributed by atoms with Crippen molar-refractivity contribution in [2.24, 2.45) is 0 Å². The summed E-state index contributed by atoms with van der Waals surface area (Å²) >= 11 is 0. The van der Waals surface area contributed by atoms with Crippen molar-refractivity contribution in [1.82, 2.24) is 4.90 Å². The predicted molar refractivity (Wildman–Crippen MR) is 77.6 cm³/mol. The number of nitrogens with zero attached hydrogens (tertiary/aromatic N) is 1. The number of likely N-dealkylation sites (tertiary alicyclic amines) is 1. The van der Waals surface area contributed by atoms with Crippen LogP contribution in [0, 0.1) is 0 Å². The zero-order valence-electron chi connectivity index (χ0n) is 11.8. The van der Waals surface area contributed by atoms with E-state index in [-0.39, 0.29) is 18.7 Å². The zero-order chi connectivity index (χ0) is 14.4. The van der Waals surface area contributed by atoms with Gasteiger partial charge in [-0.15, -0.1) is 0 Å². The van der Waals surface area contributed by atoms with Gasteiger partial charge < -0.3 is 20.1 Å². The smallest absolute Gasteiger partial charge is 0.322 e. The first-order valence-corrected chi connectivity index (χ1v) is 7.10. The zero-order valence-corrected chi connectivity index (χ0v) is 11.8. The maximum absolute atomic E-state index is 12.3. The summed E-state index contributed by atoms with van der Waals surface area (Å²) in [6.45, 7) is 3.79. The number of amides is 2. The van der Waals surface area contributed by atoms with Gasteiger partial charge in [-0.1, -0.05) is 18.2 Å². The molecular weight excluding hydrogens is 256 g/mol. The second-order valence-electron chi connectivity index (χ2n) is 4.90. The first-order chi connectivity index (χ1) is 9.76. The minimum Gasteiger partial charge on any atom is -0.394 e. The molecule has 1 aliphatic rings. The number of hydrogen-bond donors (Lipinski definition) is 2. The number of anilines is 1. The fourth-order valence-corrected chi connectivity index (χ4v) is 2.46. The van der Waals surface area contributed by atoms with E-state index in [9.17, 15) is 9.90 Å². The molecule has 2 rings (SSSR count). The molecule has 2 amide bonds. The molecule has 1 aliphatic heterocycles. The number of para-hydroxylation sites is 1. The molecule has 1 atom stereocenters. The Labute approximate surface area is 119 Å². The number of ether oxygens (including phenoxy) is 1. The molecule has 0 saturated carbocycles. The van der Waals surface area contributed by atoms with E-state index in [1.807, 2.05) is 31.2 Å². The first kappa shape index (κ1) is 14.8. The van der Waals surface area contributed by atoms with Gasteiger partial charge >= 0.3 is 6.03 Å². The molecule has 5 nitrogen and oxygen atoms in total. The molecule has 1 heterocycles. The third-order valence-corrected chi connectivity index (χ3v) is 3.57. The van der Waals surface area contributed by atoms with Gasteiger partial charge in [0.15, 0.2) is 0 Å². The minimum atomic E-state index is -0.148. The van der Waals surface area contributed by atoms with Crippen LogP contribution < -0.4 is 5.32 Å². The number of urea groups is 1. The van der Waals surface area contributed by atoms with Gasteiger partial charge in [0.25, 0.3) is 0 Å². The van der Waals surface area contributed by atoms with Crippen molar-refractivity contribution >= 4 is 11.7 Å². The standard InChI is InChI=1S/C15H22N2O3/c1-2-20-11-12-6-3-4-8-14(12)16-15(19)17-9-5-7-13(17)10-18/h3-4,6,8,13,18H,2,5,7,9-11H2,1H3,(H,16,19)/t13-/m0/s1. The Morgan fingerprint density at radius 2 is 2.30 bits per heavy atom. The van der Waals surface area contributed by atoms with Crippen LogP contribution in [0.1, 0.15) is 25.3 Å². The topological polar surface area (TPSA) is 61.8 Å². The van der Waals surface area contributed by atoms with E-state index in [0.29, 0.717) is 19.8 Å². The molecule has 0 aromatic heterocycles. The highest BCUT2D eigenvalue weighted by Crippen LogP contribution is 2.21. The third-order valence-electron chi connectivity index (χ3n) is 3.57. The van der Waals surface area contributed by atoms with Crippen LogP contribution in [0.5, 0.6) is 0 Å². The van der Waals surface area contributed by atoms with Gasteiger partial charge in [-0.3, -0.25) is 0 Å². The van der Waals surface area contributed by atoms with Gasteiger partial charge in [0.05, 0.1) is 19.3 Å². The molecule has 1 fully saturated rings. The highest BCUT2D eigenvalue weighted by atomic mass is 16.5. The molecular formula is C15H22N2O3. The number of aliphatic hydroxyl groups is 1. The molecule has 0 radical (unpaired) electrons. The molecule has 0 spiro atoms. The van der Waals surface area contributed by atoms with Crippen LogP contribution in [-0.2, 0) is 11.3 Å². The minimum absolute atomic E-state index is 0.0218. The Bertz CT molecular complexity index is 450. The van der Waals surface area contributed by atoms with Crippen molar-refractivity contribution in [1.29, 1.82) is 0 Å². The van der Waals surface area contributed by atoms with Crippen molar-refractivity contribution < 1.29 is 14.6 Å². The molecule has 20 heavy (non-hydrogen) atoms. The molecule has 1 aromatic rings. The summed E-state index contributed by atoms with van der Waals surface area (Å²) in [5.74, 6) is 0. The lowest BCUT2D eigenvalue weighted by molar-refractivity contribution is 0.134. The van der Waals surface area contributed by atoms with Gasteiger partial charge in [0.2, 0.25) is 0 Å². The number of hydrogen-bond acceptors (Lipinski definition) is 3. The fraction of sp³-hybridized carbons (Fsp3) is 0.533. The average Bonchev–Trinajstić information content (AvgIpc) is 2.95. The lowest BCUT2D eigenvalue weighted by atomic mass is 10.2. The summed E-state index contributed by atoms with van der Waals surface area (Å²) in [7, 11) is 0. The summed E-state index contributed by atoms with van der Waals surface area (Å²) in [5, 5.41) is 12.2. The number of benzene rings is 1. The molecule has 110 valence electrons. The third kappa shape index (κ3) is 3.49. The summed E-state index contributed by atoms with van der Waals surface area (Å²) in [5.41, 5.74) is 1.73. The Morgan fingerprint density at radius 3 is 3.05 bits per heavy atom. The number of rotatable bonds is 5. The summed E-state index contributed by atoms with van der Waals surface area (Å²) in [4.78, 5) is 14.0. The number of carbonyl (C=O) groups is 1. The Hall–Kier alpha value is -1.59. The van der Waals surface area contributed by atoms with Crippen molar-refractivity contribution in [2.75, 3.05) is 25.1 Å². The van der Waals surface area contributed by atoms with E-state index in [0.717, 1.165) is 24.1 Å². The molecule has 1 aromatic carbocycles. The van der Waals surface area contributed by atoms with Crippen LogP contribution in [0.2, 0.25) is 0 Å². The van der Waals surface area contributed by atoms with E-state index in [1.54, 1.807) is 4.90 Å². The molecule has 1 saturated heterocycles. The Kier molecular flexibility index (Phi) is 5.38. The monoisotopic (exact) mass is 278 g/mol. The van der Waals surface area contributed by atoms with E-state index in [2.05, 4.69) is 5.32 Å². The van der Waals surface area contributed by atoms with Crippen molar-refractivity contribution in [2.45, 2.75) is 32.4 Å². The molecule has 0 aliphatic carbocycles. The maximum atomic E-state index is 12.3. The second kappa shape index (κ2) is 7.26. The normalized spacial score (nSPS) is 18.3. The molecule has 0 bridgehead atoms. The number of nitrogens with one attached hydrogen (secondary N) is 1. The van der Waals surface area contributed by atoms with Gasteiger partial charge in [-0.25, -0.2) is 4.79 Å². The summed E-state index contributed by atoms with van der Waals surface area (Å²) < 4.78 is 5.40. The van der Waals surface area contributed by atoms with Crippen LogP contribution in [-0.4, -0.2) is 41.8 Å². The summed E-state index contributed by atoms with van der Waals surface area (Å²) in [6, 6.07) is 7.42. The lowest BCUT2D eigenvalue weighted by Gasteiger charge is -2.24. The molecule has 5 heteroatoms. The van der Waals surface area contributed by atoms with Crippen molar-refractivity contribution in [3.05, 3.63) is 29.8 Å². The fourth-order valence-electron chi connectivity index (χ4n) is 2.46. The van der Waals surface area contributed by atoms with Crippen molar-refractivity contribution in [3.8, 4) is 0 Å². The average molecular weight is 278 g/mol. The van der Waals surface area contributed by atoms with Gasteiger partial charge in [0, 0.05) is 24.4 Å². The predicted octanol–water partition coefficient (Wildman–Crippen LogP) is 2.21. The number of aliphatic hydroxyl groups excluding tert-OH is 1. The highest BCUT2D eigenvalue weighted by Gasteiger charge is 2.28. The second-order valence-corrected chi connectivity index (χ2v) is 4.90. The van der Waals surface area contributed by atoms with Gasteiger partial charge in [-0.2, -0.15) is 0 Å². The van der Waals surface area contributed by atoms with E-state index in [4.69, 9.17) is 4.74 Å². The Balaban J connectivity index is 2.03. The number of carbonyl (C=O) groups excluding carboxylic acids is 1. The van der Waals surface area contributed by atoms with E-state index < -0.39 is 0 Å². The van der Waals surface area contributed by atoms with E-state index >= 15 is 0 Å². The lowest BCUT2D eigenvalue weighted by Crippen LogP contribution is -2.40. The molecule has 0 unspecified atom stereocenters. The summed E-state index contributed by atoms with van der Waals surface area (Å²) in [6.07, 6.45) is 1.81. The van der Waals surface area contributed by atoms with Gasteiger partial charge in [-0.05, 0) is 25.8 Å². The SMILES string of the molecule is CCOCc1ccccc1NC(=O)N1CCC[C@H]1CO. The quantitative estimate of drug-likeness (QED) is 0.868. The largest absolute Gasteiger partial charge is 0.394 e. The highest BCUT2D eigenvalue weighted by molar-refractivity contribution is 5.90.